The number of imide groups is 1. The maximum atomic E-state index is 14.6. The largest absolute Gasteiger partial charge is 0.514 e. The predicted molar refractivity (Wildman–Crippen MR) is 201 cm³/mol. The molecule has 3 aromatic rings. The molecule has 3 saturated heterocycles. The molecule has 3 heterocycles. The van der Waals surface area contributed by atoms with Crippen LogP contribution in [0.3, 0.4) is 0 Å². The van der Waals surface area contributed by atoms with Crippen LogP contribution in [0.2, 0.25) is 0 Å². The van der Waals surface area contributed by atoms with Gasteiger partial charge in [-0.3, -0.25) is 19.3 Å². The molecule has 3 fully saturated rings. The second-order valence-corrected chi connectivity index (χ2v) is 17.2. The lowest BCUT2D eigenvalue weighted by Gasteiger charge is -2.50. The van der Waals surface area contributed by atoms with Gasteiger partial charge in [-0.25, -0.2) is 36.8 Å². The average Bonchev–Trinajstić information content (AvgIpc) is 3.68. The SMILES string of the molecule is CC1(C)S[C@@H]2[C@@H](NC=O)C(=O)N2[C@@]1(NC(=O)C(NC(=O)N1CCN(S(C)(=O)=O)C1=O)c1ccc(OC(=O)OCc2ccccc2)cc1)C(=O)OCc1ccccc1. The first-order chi connectivity index (χ1) is 27.1. The number of carbonyl (C=O) groups excluding carboxylic acids is 7. The van der Waals surface area contributed by atoms with E-state index in [0.29, 0.717) is 21.2 Å². The number of esters is 1. The molecule has 4 atom stereocenters. The molecular weight excluding hydrogens is 785 g/mol. The number of hydrogen-bond donors (Lipinski definition) is 3. The maximum Gasteiger partial charge on any atom is 0.514 e. The summed E-state index contributed by atoms with van der Waals surface area (Å²) in [7, 11) is -4.03. The van der Waals surface area contributed by atoms with Crippen molar-refractivity contribution in [3.8, 4) is 5.75 Å². The van der Waals surface area contributed by atoms with Gasteiger partial charge >= 0.3 is 24.2 Å². The molecule has 0 spiro atoms. The Labute approximate surface area is 331 Å². The number of ether oxygens (including phenoxy) is 3. The van der Waals surface area contributed by atoms with Crippen LogP contribution >= 0.6 is 11.8 Å². The highest BCUT2D eigenvalue weighted by Gasteiger charge is 2.74. The van der Waals surface area contributed by atoms with Gasteiger partial charge in [-0.2, -0.15) is 0 Å². The van der Waals surface area contributed by atoms with Crippen LogP contribution in [-0.4, -0.2) is 106 Å². The van der Waals surface area contributed by atoms with Crippen LogP contribution in [-0.2, 0) is 51.9 Å². The number of urea groups is 2. The van der Waals surface area contributed by atoms with Gasteiger partial charge in [-0.1, -0.05) is 72.8 Å². The summed E-state index contributed by atoms with van der Waals surface area (Å²) in [5.74, 6) is -2.75. The van der Waals surface area contributed by atoms with Crippen LogP contribution in [0, 0.1) is 0 Å². The van der Waals surface area contributed by atoms with Crippen molar-refractivity contribution in [2.45, 2.75) is 54.9 Å². The van der Waals surface area contributed by atoms with Gasteiger partial charge in [0.15, 0.2) is 0 Å². The fourth-order valence-electron chi connectivity index (χ4n) is 6.61. The first-order valence-electron chi connectivity index (χ1n) is 17.4. The lowest BCUT2D eigenvalue weighted by molar-refractivity contribution is -0.181. The molecule has 1 unspecified atom stereocenters. The molecule has 3 aliphatic rings. The number of thioether (sulfide) groups is 1. The van der Waals surface area contributed by atoms with Gasteiger partial charge in [-0.05, 0) is 42.7 Å². The molecule has 3 aliphatic heterocycles. The van der Waals surface area contributed by atoms with Crippen molar-refractivity contribution >= 4 is 64.2 Å². The summed E-state index contributed by atoms with van der Waals surface area (Å²) in [5, 5.41) is 6.78. The number of amides is 7. The Bertz CT molecular complexity index is 2180. The monoisotopic (exact) mass is 822 g/mol. The molecule has 0 radical (unpaired) electrons. The Morgan fingerprint density at radius 1 is 0.895 bits per heavy atom. The van der Waals surface area contributed by atoms with E-state index in [0.717, 1.165) is 28.5 Å². The number of rotatable bonds is 13. The van der Waals surface area contributed by atoms with Crippen molar-refractivity contribution in [3.05, 3.63) is 102 Å². The summed E-state index contributed by atoms with van der Waals surface area (Å²) in [6.45, 7) is 2.25. The number of fused-ring (bicyclic) bond motifs is 1. The highest BCUT2D eigenvalue weighted by Crippen LogP contribution is 2.56. The molecule has 7 amide bonds. The molecule has 20 heteroatoms. The van der Waals surface area contributed by atoms with Crippen LogP contribution in [0.4, 0.5) is 14.4 Å². The minimum Gasteiger partial charge on any atom is -0.458 e. The van der Waals surface area contributed by atoms with E-state index in [2.05, 4.69) is 16.0 Å². The van der Waals surface area contributed by atoms with E-state index in [4.69, 9.17) is 14.2 Å². The third kappa shape index (κ3) is 8.08. The standard InChI is InChI=1S/C37H38N6O12S2/c1-36(2)37(32(47)53-20-23-10-6-4-7-11-23,43-30(46)28(38-22-44)31(43)56-36)40-29(45)27(39-33(48)41-18-19-42(34(41)49)57(3,51)52)25-14-16-26(17-15-25)55-35(50)54-21-24-12-8-5-9-13-24/h4-17,22,27-28,31H,18-21H2,1-3H3,(H,38,44)(H,39,48)(H,40,45)/t27?,28-,31+,37-/m0/s1. The van der Waals surface area contributed by atoms with Crippen molar-refractivity contribution in [1.82, 2.24) is 30.1 Å². The first-order valence-corrected chi connectivity index (χ1v) is 20.1. The summed E-state index contributed by atoms with van der Waals surface area (Å²) in [5.41, 5.74) is -0.826. The third-order valence-electron chi connectivity index (χ3n) is 9.51. The molecule has 0 saturated carbocycles. The number of sulfonamides is 1. The normalized spacial score (nSPS) is 21.4. The number of nitrogens with one attached hydrogen (secondary N) is 3. The average molecular weight is 823 g/mol. The first kappa shape index (κ1) is 40.5. The van der Waals surface area contributed by atoms with E-state index < -0.39 is 73.9 Å². The van der Waals surface area contributed by atoms with Crippen LogP contribution < -0.4 is 20.7 Å². The van der Waals surface area contributed by atoms with E-state index in [1.807, 2.05) is 6.07 Å². The van der Waals surface area contributed by atoms with Crippen LogP contribution in [0.25, 0.3) is 0 Å². The highest BCUT2D eigenvalue weighted by atomic mass is 32.2. The molecule has 0 aliphatic carbocycles. The summed E-state index contributed by atoms with van der Waals surface area (Å²) in [6, 6.07) is 17.8. The Balaban J connectivity index is 1.30. The van der Waals surface area contributed by atoms with Crippen LogP contribution in [0.15, 0.2) is 84.9 Å². The van der Waals surface area contributed by atoms with Gasteiger partial charge in [0.2, 0.25) is 28.0 Å². The summed E-state index contributed by atoms with van der Waals surface area (Å²) in [6.07, 6.45) is 0.137. The number of nitrogens with zero attached hydrogens (tertiary/aromatic N) is 3. The number of hydrogen-bond acceptors (Lipinski definition) is 13. The molecule has 0 bridgehead atoms. The van der Waals surface area contributed by atoms with Crippen molar-refractivity contribution in [3.63, 3.8) is 0 Å². The van der Waals surface area contributed by atoms with Gasteiger partial charge in [0, 0.05) is 0 Å². The van der Waals surface area contributed by atoms with E-state index in [-0.39, 0.29) is 37.6 Å². The molecular formula is C37H38N6O12S2. The quantitative estimate of drug-likeness (QED) is 0.0974. The van der Waals surface area contributed by atoms with Gasteiger partial charge in [-0.15, -0.1) is 11.8 Å². The highest BCUT2D eigenvalue weighted by molar-refractivity contribution is 8.01. The fourth-order valence-corrected chi connectivity index (χ4v) is 9.12. The maximum absolute atomic E-state index is 14.6. The Kier molecular flexibility index (Phi) is 11.5. The van der Waals surface area contributed by atoms with Crippen molar-refractivity contribution < 1.29 is 56.2 Å². The number of carbonyl (C=O) groups is 7. The summed E-state index contributed by atoms with van der Waals surface area (Å²) in [4.78, 5) is 94.8. The van der Waals surface area contributed by atoms with E-state index in [1.54, 1.807) is 68.4 Å². The zero-order valence-electron chi connectivity index (χ0n) is 30.8. The van der Waals surface area contributed by atoms with Crippen molar-refractivity contribution in [2.24, 2.45) is 0 Å². The van der Waals surface area contributed by atoms with Gasteiger partial charge in [0.05, 0.1) is 24.1 Å². The van der Waals surface area contributed by atoms with E-state index in [9.17, 15) is 42.0 Å². The molecule has 18 nitrogen and oxygen atoms in total. The Hall–Kier alpha value is -6.15. The Morgan fingerprint density at radius 3 is 2.05 bits per heavy atom. The van der Waals surface area contributed by atoms with Gasteiger partial charge in [0.25, 0.3) is 5.91 Å². The smallest absolute Gasteiger partial charge is 0.458 e. The van der Waals surface area contributed by atoms with Crippen molar-refractivity contribution in [1.29, 1.82) is 0 Å². The lowest BCUT2D eigenvalue weighted by Crippen LogP contribution is -2.80. The van der Waals surface area contributed by atoms with Crippen LogP contribution in [0.5, 0.6) is 5.75 Å². The van der Waals surface area contributed by atoms with Crippen molar-refractivity contribution in [2.75, 3.05) is 19.3 Å². The molecule has 6 rings (SSSR count). The second kappa shape index (κ2) is 16.1. The predicted octanol–water partition coefficient (Wildman–Crippen LogP) is 2.21. The van der Waals surface area contributed by atoms with E-state index >= 15 is 0 Å². The second-order valence-electron chi connectivity index (χ2n) is 13.6. The molecule has 3 aromatic carbocycles. The summed E-state index contributed by atoms with van der Waals surface area (Å²) >= 11 is 1.13. The molecule has 3 N–H and O–H groups in total. The van der Waals surface area contributed by atoms with Gasteiger partial charge < -0.3 is 30.2 Å². The Morgan fingerprint density at radius 2 is 1.49 bits per heavy atom. The lowest BCUT2D eigenvalue weighted by atomic mass is 9.87. The minimum atomic E-state index is -4.03. The zero-order valence-corrected chi connectivity index (χ0v) is 32.4. The summed E-state index contributed by atoms with van der Waals surface area (Å²) < 4.78 is 39.7. The number of benzene rings is 3. The molecule has 300 valence electrons. The topological polar surface area (TPSA) is 227 Å². The van der Waals surface area contributed by atoms with Gasteiger partial charge in [0.1, 0.15) is 36.4 Å². The fraction of sp³-hybridized carbons (Fsp3) is 0.324. The molecule has 57 heavy (non-hydrogen) atoms. The van der Waals surface area contributed by atoms with Crippen LogP contribution in [0.1, 0.15) is 36.6 Å². The molecule has 0 aromatic heterocycles. The third-order valence-corrected chi connectivity index (χ3v) is 12.3. The van der Waals surface area contributed by atoms with E-state index in [1.165, 1.54) is 24.3 Å². The minimum absolute atomic E-state index is 0.00200. The zero-order chi connectivity index (χ0) is 41.1. The number of β-lactam (4-membered cyclic amide) rings is 1.